The van der Waals surface area contributed by atoms with Crippen molar-refractivity contribution in [3.05, 3.63) is 23.8 Å². The first-order chi connectivity index (χ1) is 12.2. The number of piperidine rings is 1. The Morgan fingerprint density at radius 3 is 2.52 bits per heavy atom. The Bertz CT molecular complexity index is 544. The molecular formula is C20H32N2O3. The second-order valence-electron chi connectivity index (χ2n) is 7.29. The van der Waals surface area contributed by atoms with Crippen LogP contribution in [0, 0.1) is 0 Å². The Morgan fingerprint density at radius 2 is 1.84 bits per heavy atom. The van der Waals surface area contributed by atoms with E-state index in [0.29, 0.717) is 12.1 Å². The van der Waals surface area contributed by atoms with E-state index in [1.807, 2.05) is 12.1 Å². The first-order valence-corrected chi connectivity index (χ1v) is 9.57. The molecule has 2 fully saturated rings. The van der Waals surface area contributed by atoms with E-state index >= 15 is 0 Å². The summed E-state index contributed by atoms with van der Waals surface area (Å²) in [6.07, 6.45) is 6.73. The molecule has 0 radical (unpaired) electrons. The summed E-state index contributed by atoms with van der Waals surface area (Å²) in [5.41, 5.74) is 1.16. The van der Waals surface area contributed by atoms with Gasteiger partial charge in [-0.15, -0.1) is 0 Å². The zero-order valence-corrected chi connectivity index (χ0v) is 15.5. The Hall–Kier alpha value is -1.30. The number of benzene rings is 1. The summed E-state index contributed by atoms with van der Waals surface area (Å²) in [6.45, 7) is 2.97. The molecule has 1 aliphatic carbocycles. The van der Waals surface area contributed by atoms with Crippen LogP contribution in [0.25, 0.3) is 0 Å². The molecule has 2 aliphatic rings. The van der Waals surface area contributed by atoms with Crippen molar-refractivity contribution < 1.29 is 14.6 Å². The number of nitrogens with one attached hydrogen (secondary N) is 1. The molecular weight excluding hydrogens is 316 g/mol. The number of aliphatic hydroxyl groups is 1. The maximum atomic E-state index is 10.3. The third kappa shape index (κ3) is 4.66. The highest BCUT2D eigenvalue weighted by atomic mass is 16.5. The largest absolute Gasteiger partial charge is 0.497 e. The fourth-order valence-corrected chi connectivity index (χ4v) is 4.21. The highest BCUT2D eigenvalue weighted by Gasteiger charge is 2.31. The first kappa shape index (κ1) is 18.5. The van der Waals surface area contributed by atoms with E-state index < -0.39 is 0 Å². The third-order valence-electron chi connectivity index (χ3n) is 5.77. The highest BCUT2D eigenvalue weighted by Crippen LogP contribution is 2.27. The predicted molar refractivity (Wildman–Crippen MR) is 99.2 cm³/mol. The molecule has 140 valence electrons. The lowest BCUT2D eigenvalue weighted by atomic mass is 9.89. The average molecular weight is 348 g/mol. The van der Waals surface area contributed by atoms with Gasteiger partial charge >= 0.3 is 0 Å². The minimum atomic E-state index is -0.123. The van der Waals surface area contributed by atoms with Gasteiger partial charge in [0, 0.05) is 43.3 Å². The van der Waals surface area contributed by atoms with E-state index in [2.05, 4.69) is 16.3 Å². The number of rotatable bonds is 6. The molecule has 5 heteroatoms. The van der Waals surface area contributed by atoms with Gasteiger partial charge in [0.2, 0.25) is 0 Å². The van der Waals surface area contributed by atoms with Crippen LogP contribution in [-0.4, -0.2) is 55.5 Å². The van der Waals surface area contributed by atoms with Crippen molar-refractivity contribution in [2.24, 2.45) is 0 Å². The fourth-order valence-electron chi connectivity index (χ4n) is 4.21. The average Bonchev–Trinajstić information content (AvgIpc) is 2.67. The van der Waals surface area contributed by atoms with E-state index in [1.165, 1.54) is 12.8 Å². The monoisotopic (exact) mass is 348 g/mol. The summed E-state index contributed by atoms with van der Waals surface area (Å²) < 4.78 is 10.7. The number of likely N-dealkylation sites (tertiary alicyclic amines) is 1. The molecule has 0 bridgehead atoms. The van der Waals surface area contributed by atoms with Crippen LogP contribution in [0.3, 0.4) is 0 Å². The molecule has 0 aromatic heterocycles. The molecule has 1 saturated heterocycles. The van der Waals surface area contributed by atoms with Gasteiger partial charge in [0.05, 0.1) is 20.3 Å². The van der Waals surface area contributed by atoms with Crippen molar-refractivity contribution in [3.63, 3.8) is 0 Å². The van der Waals surface area contributed by atoms with Gasteiger partial charge in [-0.05, 0) is 31.7 Å². The van der Waals surface area contributed by atoms with Gasteiger partial charge in [-0.2, -0.15) is 0 Å². The van der Waals surface area contributed by atoms with E-state index in [-0.39, 0.29) is 6.10 Å². The van der Waals surface area contributed by atoms with Gasteiger partial charge in [-0.1, -0.05) is 18.9 Å². The minimum Gasteiger partial charge on any atom is -0.497 e. The lowest BCUT2D eigenvalue weighted by Gasteiger charge is -2.41. The van der Waals surface area contributed by atoms with Crippen LogP contribution in [0.1, 0.15) is 44.1 Å². The second-order valence-corrected chi connectivity index (χ2v) is 7.29. The maximum Gasteiger partial charge on any atom is 0.127 e. The van der Waals surface area contributed by atoms with Crippen LogP contribution < -0.4 is 14.8 Å². The molecule has 1 heterocycles. The highest BCUT2D eigenvalue weighted by molar-refractivity contribution is 5.40. The van der Waals surface area contributed by atoms with Gasteiger partial charge in [0.15, 0.2) is 0 Å². The van der Waals surface area contributed by atoms with Crippen molar-refractivity contribution in [3.8, 4) is 11.5 Å². The molecule has 3 rings (SSSR count). The van der Waals surface area contributed by atoms with Crippen LogP contribution in [-0.2, 0) is 6.54 Å². The molecule has 2 N–H and O–H groups in total. The van der Waals surface area contributed by atoms with Crippen LogP contribution in [0.5, 0.6) is 11.5 Å². The summed E-state index contributed by atoms with van der Waals surface area (Å²) in [7, 11) is 3.37. The molecule has 0 amide bonds. The van der Waals surface area contributed by atoms with Gasteiger partial charge in [0.25, 0.3) is 0 Å². The predicted octanol–water partition coefficient (Wildman–Crippen LogP) is 2.56. The standard InChI is InChI=1S/C20H32N2O3/c1-24-17-8-7-15(20(13-17)25-2)14-21-16-9-11-22(12-10-16)18-5-3-4-6-19(18)23/h7-8,13,16,18-19,21,23H,3-6,9-12,14H2,1-2H3. The Balaban J connectivity index is 1.48. The number of hydrogen-bond donors (Lipinski definition) is 2. The molecule has 1 saturated carbocycles. The lowest BCUT2D eigenvalue weighted by Crippen LogP contribution is -2.51. The van der Waals surface area contributed by atoms with Crippen molar-refractivity contribution in [2.45, 2.75) is 63.3 Å². The quantitative estimate of drug-likeness (QED) is 0.827. The van der Waals surface area contributed by atoms with Crippen LogP contribution in [0.2, 0.25) is 0 Å². The van der Waals surface area contributed by atoms with E-state index in [9.17, 15) is 5.11 Å². The summed E-state index contributed by atoms with van der Waals surface area (Å²) in [4.78, 5) is 2.51. The SMILES string of the molecule is COc1ccc(CNC2CCN(C3CCCCC3O)CC2)c(OC)c1. The van der Waals surface area contributed by atoms with E-state index in [4.69, 9.17) is 9.47 Å². The van der Waals surface area contributed by atoms with Gasteiger partial charge in [-0.25, -0.2) is 0 Å². The van der Waals surface area contributed by atoms with Gasteiger partial charge in [0.1, 0.15) is 11.5 Å². The van der Waals surface area contributed by atoms with Gasteiger partial charge < -0.3 is 19.9 Å². The second kappa shape index (κ2) is 8.88. The zero-order valence-electron chi connectivity index (χ0n) is 15.5. The number of aliphatic hydroxyl groups excluding tert-OH is 1. The molecule has 5 nitrogen and oxygen atoms in total. The normalized spacial score (nSPS) is 25.7. The smallest absolute Gasteiger partial charge is 0.127 e. The lowest BCUT2D eigenvalue weighted by molar-refractivity contribution is 0.00713. The molecule has 25 heavy (non-hydrogen) atoms. The molecule has 2 unspecified atom stereocenters. The summed E-state index contributed by atoms with van der Waals surface area (Å²) >= 11 is 0. The Morgan fingerprint density at radius 1 is 1.08 bits per heavy atom. The zero-order chi connectivity index (χ0) is 17.6. The summed E-state index contributed by atoms with van der Waals surface area (Å²) in [5, 5.41) is 13.9. The third-order valence-corrected chi connectivity index (χ3v) is 5.77. The number of ether oxygens (including phenoxy) is 2. The van der Waals surface area contributed by atoms with E-state index in [1.54, 1.807) is 14.2 Å². The topological polar surface area (TPSA) is 54.0 Å². The number of hydrogen-bond acceptors (Lipinski definition) is 5. The first-order valence-electron chi connectivity index (χ1n) is 9.57. The van der Waals surface area contributed by atoms with Crippen molar-refractivity contribution >= 4 is 0 Å². The number of nitrogens with zero attached hydrogens (tertiary/aromatic N) is 1. The van der Waals surface area contributed by atoms with Crippen molar-refractivity contribution in [1.29, 1.82) is 0 Å². The molecule has 1 aromatic carbocycles. The molecule has 0 spiro atoms. The summed E-state index contributed by atoms with van der Waals surface area (Å²) in [5.74, 6) is 1.69. The van der Waals surface area contributed by atoms with Crippen LogP contribution in [0.4, 0.5) is 0 Å². The van der Waals surface area contributed by atoms with Crippen LogP contribution >= 0.6 is 0 Å². The van der Waals surface area contributed by atoms with Crippen molar-refractivity contribution in [1.82, 2.24) is 10.2 Å². The van der Waals surface area contributed by atoms with E-state index in [0.717, 1.165) is 62.4 Å². The van der Waals surface area contributed by atoms with Gasteiger partial charge in [-0.3, -0.25) is 4.90 Å². The van der Waals surface area contributed by atoms with Crippen molar-refractivity contribution in [2.75, 3.05) is 27.3 Å². The molecule has 2 atom stereocenters. The summed E-state index contributed by atoms with van der Waals surface area (Å²) in [6, 6.07) is 6.90. The molecule has 1 aromatic rings. The van der Waals surface area contributed by atoms with Crippen LogP contribution in [0.15, 0.2) is 18.2 Å². The fraction of sp³-hybridized carbons (Fsp3) is 0.700. The molecule has 1 aliphatic heterocycles. The minimum absolute atomic E-state index is 0.123. The maximum absolute atomic E-state index is 10.3. The number of methoxy groups -OCH3 is 2. The Kier molecular flexibility index (Phi) is 6.57. The Labute approximate surface area is 151 Å².